The Morgan fingerprint density at radius 2 is 2.08 bits per heavy atom. The average Bonchev–Trinajstić information content (AvgIpc) is 3.20. The Kier molecular flexibility index (Phi) is 4.06. The standard InChI is InChI=1S/C18H26N4O2/c1-2-16-19-7-9-21(16)15-4-3-8-20(12-15)18(24)13-10-17(23)22(11-13)14-5-6-14/h7,9,13-15H,2-6,8,10-12H2,1H3/t13-,15-/m0/s1. The fourth-order valence-electron chi connectivity index (χ4n) is 4.23. The quantitative estimate of drug-likeness (QED) is 0.843. The molecule has 3 aliphatic rings. The van der Waals surface area contributed by atoms with Gasteiger partial charge in [0, 0.05) is 50.9 Å². The molecule has 2 saturated heterocycles. The molecule has 1 aromatic heterocycles. The molecule has 0 bridgehead atoms. The lowest BCUT2D eigenvalue weighted by molar-refractivity contribution is -0.137. The number of nitrogens with zero attached hydrogens (tertiary/aromatic N) is 4. The molecule has 2 aliphatic heterocycles. The summed E-state index contributed by atoms with van der Waals surface area (Å²) in [6, 6.07) is 0.735. The monoisotopic (exact) mass is 330 g/mol. The van der Waals surface area contributed by atoms with E-state index in [-0.39, 0.29) is 17.7 Å². The second kappa shape index (κ2) is 6.22. The predicted octanol–water partition coefficient (Wildman–Crippen LogP) is 1.62. The molecule has 1 saturated carbocycles. The van der Waals surface area contributed by atoms with Crippen LogP contribution in [-0.2, 0) is 16.0 Å². The van der Waals surface area contributed by atoms with Crippen LogP contribution in [-0.4, -0.2) is 56.8 Å². The summed E-state index contributed by atoms with van der Waals surface area (Å²) in [6.07, 6.45) is 9.52. The van der Waals surface area contributed by atoms with E-state index in [1.807, 2.05) is 22.2 Å². The van der Waals surface area contributed by atoms with E-state index in [2.05, 4.69) is 16.5 Å². The van der Waals surface area contributed by atoms with Crippen LogP contribution in [0.3, 0.4) is 0 Å². The first-order valence-electron chi connectivity index (χ1n) is 9.27. The molecule has 6 heteroatoms. The maximum Gasteiger partial charge on any atom is 0.228 e. The van der Waals surface area contributed by atoms with Gasteiger partial charge in [-0.3, -0.25) is 9.59 Å². The smallest absolute Gasteiger partial charge is 0.228 e. The molecule has 2 atom stereocenters. The van der Waals surface area contributed by atoms with Crippen molar-refractivity contribution in [1.29, 1.82) is 0 Å². The van der Waals surface area contributed by atoms with Crippen molar-refractivity contribution in [3.8, 4) is 0 Å². The van der Waals surface area contributed by atoms with Gasteiger partial charge in [-0.1, -0.05) is 6.92 Å². The lowest BCUT2D eigenvalue weighted by atomic mass is 10.0. The van der Waals surface area contributed by atoms with E-state index >= 15 is 0 Å². The summed E-state index contributed by atoms with van der Waals surface area (Å²) in [5.74, 6) is 1.30. The van der Waals surface area contributed by atoms with Crippen molar-refractivity contribution < 1.29 is 9.59 Å². The van der Waals surface area contributed by atoms with E-state index < -0.39 is 0 Å². The average molecular weight is 330 g/mol. The van der Waals surface area contributed by atoms with Crippen LogP contribution in [0, 0.1) is 5.92 Å². The molecule has 4 rings (SSSR count). The molecule has 0 radical (unpaired) electrons. The third kappa shape index (κ3) is 2.82. The molecule has 0 unspecified atom stereocenters. The third-order valence-corrected chi connectivity index (χ3v) is 5.66. The Bertz CT molecular complexity index is 637. The number of piperidine rings is 1. The van der Waals surface area contributed by atoms with Crippen LogP contribution in [0.2, 0.25) is 0 Å². The molecule has 130 valence electrons. The Labute approximate surface area is 142 Å². The van der Waals surface area contributed by atoms with Crippen molar-refractivity contribution >= 4 is 11.8 Å². The number of imidazole rings is 1. The Morgan fingerprint density at radius 1 is 1.25 bits per heavy atom. The largest absolute Gasteiger partial charge is 0.340 e. The maximum atomic E-state index is 12.9. The van der Waals surface area contributed by atoms with Crippen molar-refractivity contribution in [3.63, 3.8) is 0 Å². The minimum atomic E-state index is -0.134. The molecule has 2 amide bonds. The van der Waals surface area contributed by atoms with Crippen LogP contribution in [0.15, 0.2) is 12.4 Å². The zero-order valence-electron chi connectivity index (χ0n) is 14.4. The van der Waals surface area contributed by atoms with Gasteiger partial charge >= 0.3 is 0 Å². The predicted molar refractivity (Wildman–Crippen MR) is 89.3 cm³/mol. The molecule has 1 aliphatic carbocycles. The van der Waals surface area contributed by atoms with Crippen LogP contribution >= 0.6 is 0 Å². The highest BCUT2D eigenvalue weighted by molar-refractivity contribution is 5.89. The second-order valence-corrected chi connectivity index (χ2v) is 7.36. The molecule has 3 fully saturated rings. The third-order valence-electron chi connectivity index (χ3n) is 5.66. The molecule has 1 aromatic rings. The van der Waals surface area contributed by atoms with Gasteiger partial charge in [-0.05, 0) is 25.7 Å². The first-order chi connectivity index (χ1) is 11.7. The van der Waals surface area contributed by atoms with E-state index in [0.29, 0.717) is 25.0 Å². The summed E-state index contributed by atoms with van der Waals surface area (Å²) in [7, 11) is 0. The molecule has 24 heavy (non-hydrogen) atoms. The van der Waals surface area contributed by atoms with Gasteiger partial charge in [0.15, 0.2) is 0 Å². The number of aromatic nitrogens is 2. The zero-order chi connectivity index (χ0) is 16.7. The van der Waals surface area contributed by atoms with Gasteiger partial charge in [-0.15, -0.1) is 0 Å². The summed E-state index contributed by atoms with van der Waals surface area (Å²) in [6.45, 7) is 4.31. The molecule has 0 spiro atoms. The summed E-state index contributed by atoms with van der Waals surface area (Å²) in [4.78, 5) is 33.4. The van der Waals surface area contributed by atoms with Crippen LogP contribution in [0.4, 0.5) is 0 Å². The molecule has 0 N–H and O–H groups in total. The SMILES string of the molecule is CCc1nccn1[C@H]1CCCN(C(=O)[C@H]2CC(=O)N(C3CC3)C2)C1. The van der Waals surface area contributed by atoms with E-state index in [4.69, 9.17) is 0 Å². The molecular formula is C18H26N4O2. The molecule has 0 aromatic carbocycles. The summed E-state index contributed by atoms with van der Waals surface area (Å²) < 4.78 is 2.23. The van der Waals surface area contributed by atoms with Crippen LogP contribution in [0.1, 0.15) is 50.9 Å². The number of hydrogen-bond acceptors (Lipinski definition) is 3. The highest BCUT2D eigenvalue weighted by atomic mass is 16.2. The minimum Gasteiger partial charge on any atom is -0.340 e. The Balaban J connectivity index is 1.42. The van der Waals surface area contributed by atoms with Gasteiger partial charge in [-0.25, -0.2) is 4.98 Å². The zero-order valence-corrected chi connectivity index (χ0v) is 14.4. The van der Waals surface area contributed by atoms with Gasteiger partial charge in [-0.2, -0.15) is 0 Å². The number of rotatable bonds is 4. The topological polar surface area (TPSA) is 58.4 Å². The van der Waals surface area contributed by atoms with Crippen LogP contribution < -0.4 is 0 Å². The van der Waals surface area contributed by atoms with Crippen molar-refractivity contribution in [3.05, 3.63) is 18.2 Å². The van der Waals surface area contributed by atoms with E-state index in [1.54, 1.807) is 0 Å². The molecule has 6 nitrogen and oxygen atoms in total. The van der Waals surface area contributed by atoms with Gasteiger partial charge in [0.05, 0.1) is 12.0 Å². The highest BCUT2D eigenvalue weighted by Crippen LogP contribution is 2.34. The second-order valence-electron chi connectivity index (χ2n) is 7.36. The fraction of sp³-hybridized carbons (Fsp3) is 0.722. The maximum absolute atomic E-state index is 12.9. The summed E-state index contributed by atoms with van der Waals surface area (Å²) >= 11 is 0. The lowest BCUT2D eigenvalue weighted by Crippen LogP contribution is -2.44. The van der Waals surface area contributed by atoms with Crippen molar-refractivity contribution in [1.82, 2.24) is 19.4 Å². The fourth-order valence-corrected chi connectivity index (χ4v) is 4.23. The highest BCUT2D eigenvalue weighted by Gasteiger charge is 2.43. The number of hydrogen-bond donors (Lipinski definition) is 0. The van der Waals surface area contributed by atoms with Gasteiger partial charge in [0.1, 0.15) is 5.82 Å². The van der Waals surface area contributed by atoms with Gasteiger partial charge in [0.2, 0.25) is 11.8 Å². The normalized spacial score (nSPS) is 27.8. The Hall–Kier alpha value is -1.85. The summed E-state index contributed by atoms with van der Waals surface area (Å²) in [5, 5.41) is 0. The van der Waals surface area contributed by atoms with Crippen LogP contribution in [0.25, 0.3) is 0 Å². The first kappa shape index (κ1) is 15.7. The summed E-state index contributed by atoms with van der Waals surface area (Å²) in [5.41, 5.74) is 0. The number of carbonyl (C=O) groups is 2. The number of likely N-dealkylation sites (tertiary alicyclic amines) is 2. The van der Waals surface area contributed by atoms with Crippen molar-refractivity contribution in [2.45, 2.75) is 57.5 Å². The van der Waals surface area contributed by atoms with Crippen molar-refractivity contribution in [2.24, 2.45) is 5.92 Å². The van der Waals surface area contributed by atoms with E-state index in [0.717, 1.165) is 51.0 Å². The number of aryl methyl sites for hydroxylation is 1. The minimum absolute atomic E-state index is 0.134. The lowest BCUT2D eigenvalue weighted by Gasteiger charge is -2.35. The number of carbonyl (C=O) groups excluding carboxylic acids is 2. The number of amides is 2. The Morgan fingerprint density at radius 3 is 2.83 bits per heavy atom. The first-order valence-corrected chi connectivity index (χ1v) is 9.27. The van der Waals surface area contributed by atoms with Crippen molar-refractivity contribution in [2.75, 3.05) is 19.6 Å². The van der Waals surface area contributed by atoms with Crippen LogP contribution in [0.5, 0.6) is 0 Å². The van der Waals surface area contributed by atoms with E-state index in [1.165, 1.54) is 0 Å². The molecular weight excluding hydrogens is 304 g/mol. The van der Waals surface area contributed by atoms with E-state index in [9.17, 15) is 9.59 Å². The van der Waals surface area contributed by atoms with Gasteiger partial charge in [0.25, 0.3) is 0 Å². The van der Waals surface area contributed by atoms with Gasteiger partial charge < -0.3 is 14.4 Å². The molecule has 3 heterocycles.